The smallest absolute Gasteiger partial charge is 0.411 e. The number of carbonyl (C=O) groups excluding carboxylic acids is 1. The van der Waals surface area contributed by atoms with Gasteiger partial charge >= 0.3 is 12.1 Å². The van der Waals surface area contributed by atoms with E-state index in [-0.39, 0.29) is 24.5 Å². The van der Waals surface area contributed by atoms with Crippen molar-refractivity contribution in [2.75, 3.05) is 25.6 Å². The van der Waals surface area contributed by atoms with Crippen LogP contribution in [0.4, 0.5) is 18.9 Å². The third-order valence-corrected chi connectivity index (χ3v) is 1.91. The van der Waals surface area contributed by atoms with Crippen molar-refractivity contribution < 1.29 is 27.4 Å². The molecule has 1 aromatic rings. The average molecular weight is 263 g/mol. The van der Waals surface area contributed by atoms with Gasteiger partial charge in [0.2, 0.25) is 0 Å². The van der Waals surface area contributed by atoms with Crippen LogP contribution in [0.2, 0.25) is 0 Å². The maximum absolute atomic E-state index is 11.7. The van der Waals surface area contributed by atoms with E-state index < -0.39 is 18.8 Å². The Morgan fingerprint density at radius 3 is 2.50 bits per heavy atom. The van der Waals surface area contributed by atoms with Crippen molar-refractivity contribution in [1.29, 1.82) is 0 Å². The van der Waals surface area contributed by atoms with Gasteiger partial charge in [-0.15, -0.1) is 0 Å². The Balaban J connectivity index is 2.28. The van der Waals surface area contributed by atoms with Gasteiger partial charge in [0.15, 0.2) is 0 Å². The Kier molecular flexibility index (Phi) is 4.96. The number of carbonyl (C=O) groups is 1. The first-order chi connectivity index (χ1) is 8.40. The monoisotopic (exact) mass is 263 g/mol. The lowest BCUT2D eigenvalue weighted by Crippen LogP contribution is -2.20. The van der Waals surface area contributed by atoms with Crippen LogP contribution in [0.1, 0.15) is 10.4 Å². The van der Waals surface area contributed by atoms with Crippen molar-refractivity contribution in [3.05, 3.63) is 29.8 Å². The third-order valence-electron chi connectivity index (χ3n) is 1.91. The lowest BCUT2D eigenvalue weighted by molar-refractivity contribution is -0.175. The van der Waals surface area contributed by atoms with Gasteiger partial charge in [0.1, 0.15) is 13.2 Å². The van der Waals surface area contributed by atoms with E-state index in [4.69, 9.17) is 10.5 Å². The van der Waals surface area contributed by atoms with Gasteiger partial charge in [0, 0.05) is 5.69 Å². The molecule has 18 heavy (non-hydrogen) atoms. The van der Waals surface area contributed by atoms with Gasteiger partial charge in [-0.3, -0.25) is 0 Å². The second-order valence-electron chi connectivity index (χ2n) is 3.39. The van der Waals surface area contributed by atoms with Crippen molar-refractivity contribution in [3.63, 3.8) is 0 Å². The van der Waals surface area contributed by atoms with E-state index in [2.05, 4.69) is 4.74 Å². The molecule has 0 fully saturated rings. The number of nitrogens with two attached hydrogens (primary N) is 1. The van der Waals surface area contributed by atoms with E-state index in [1.165, 1.54) is 12.1 Å². The van der Waals surface area contributed by atoms with E-state index in [9.17, 15) is 18.0 Å². The maximum Gasteiger partial charge on any atom is 0.411 e. The summed E-state index contributed by atoms with van der Waals surface area (Å²) in [6, 6.07) is 6.25. The summed E-state index contributed by atoms with van der Waals surface area (Å²) < 4.78 is 44.1. The van der Waals surface area contributed by atoms with Gasteiger partial charge in [-0.1, -0.05) is 12.1 Å². The van der Waals surface area contributed by atoms with E-state index >= 15 is 0 Å². The Labute approximate surface area is 101 Å². The van der Waals surface area contributed by atoms with Crippen LogP contribution in [-0.2, 0) is 9.47 Å². The largest absolute Gasteiger partial charge is 0.460 e. The zero-order valence-electron chi connectivity index (χ0n) is 9.37. The van der Waals surface area contributed by atoms with E-state index in [0.29, 0.717) is 0 Å². The summed E-state index contributed by atoms with van der Waals surface area (Å²) in [5, 5.41) is 0. The molecular weight excluding hydrogens is 251 g/mol. The molecule has 0 aromatic heterocycles. The number of ether oxygens (including phenoxy) is 2. The summed E-state index contributed by atoms with van der Waals surface area (Å²) in [6.45, 7) is -1.95. The van der Waals surface area contributed by atoms with Crippen LogP contribution in [0.5, 0.6) is 0 Å². The number of rotatable bonds is 5. The highest BCUT2D eigenvalue weighted by atomic mass is 19.4. The predicted molar refractivity (Wildman–Crippen MR) is 58.0 cm³/mol. The molecule has 0 saturated carbocycles. The fraction of sp³-hybridized carbons (Fsp3) is 0.364. The molecule has 1 aromatic carbocycles. The molecule has 0 bridgehead atoms. The fourth-order valence-electron chi connectivity index (χ4n) is 1.14. The maximum atomic E-state index is 11.7. The molecule has 0 atom stereocenters. The van der Waals surface area contributed by atoms with Gasteiger partial charge in [0.25, 0.3) is 0 Å². The number of anilines is 1. The minimum Gasteiger partial charge on any atom is -0.460 e. The van der Waals surface area contributed by atoms with Gasteiger partial charge in [-0.25, -0.2) is 4.79 Å². The summed E-state index contributed by atoms with van der Waals surface area (Å²) in [5.41, 5.74) is 5.95. The van der Waals surface area contributed by atoms with Crippen LogP contribution < -0.4 is 5.73 Å². The number of benzene rings is 1. The lowest BCUT2D eigenvalue weighted by Gasteiger charge is -2.09. The number of nitrogen functional groups attached to an aromatic ring is 1. The molecule has 0 saturated heterocycles. The summed E-state index contributed by atoms with van der Waals surface area (Å²) >= 11 is 0. The van der Waals surface area contributed by atoms with Crippen LogP contribution in [0, 0.1) is 0 Å². The number of alkyl halides is 3. The van der Waals surface area contributed by atoms with Crippen molar-refractivity contribution in [2.24, 2.45) is 0 Å². The lowest BCUT2D eigenvalue weighted by atomic mass is 10.2. The summed E-state index contributed by atoms with van der Waals surface area (Å²) in [4.78, 5) is 11.4. The minimum atomic E-state index is -4.38. The zero-order valence-corrected chi connectivity index (χ0v) is 9.37. The molecule has 0 heterocycles. The highest BCUT2D eigenvalue weighted by molar-refractivity contribution is 5.94. The van der Waals surface area contributed by atoms with Gasteiger partial charge in [-0.2, -0.15) is 13.2 Å². The number of esters is 1. The molecule has 7 heteroatoms. The van der Waals surface area contributed by atoms with Crippen LogP contribution in [0.25, 0.3) is 0 Å². The van der Waals surface area contributed by atoms with E-state index in [1.807, 2.05) is 0 Å². The van der Waals surface area contributed by atoms with Gasteiger partial charge in [0.05, 0.1) is 12.2 Å². The standard InChI is InChI=1S/C11H12F3NO3/c12-11(13,14)7-17-5-6-18-10(16)8-3-1-2-4-9(8)15/h1-4H,5-7,15H2. The highest BCUT2D eigenvalue weighted by Gasteiger charge is 2.27. The summed E-state index contributed by atoms with van der Waals surface area (Å²) in [7, 11) is 0. The molecule has 0 unspecified atom stereocenters. The molecule has 0 amide bonds. The summed E-state index contributed by atoms with van der Waals surface area (Å²) in [5.74, 6) is -0.691. The Hall–Kier alpha value is -1.76. The first kappa shape index (κ1) is 14.3. The van der Waals surface area contributed by atoms with Crippen molar-refractivity contribution in [3.8, 4) is 0 Å². The van der Waals surface area contributed by atoms with Crippen molar-refractivity contribution in [2.45, 2.75) is 6.18 Å². The molecule has 0 radical (unpaired) electrons. The number of halogens is 3. The SMILES string of the molecule is Nc1ccccc1C(=O)OCCOCC(F)(F)F. The topological polar surface area (TPSA) is 61.6 Å². The molecule has 2 N–H and O–H groups in total. The second kappa shape index (κ2) is 6.25. The molecule has 4 nitrogen and oxygen atoms in total. The Morgan fingerprint density at radius 1 is 1.22 bits per heavy atom. The van der Waals surface area contributed by atoms with Crippen molar-refractivity contribution >= 4 is 11.7 Å². The predicted octanol–water partition coefficient (Wildman–Crippen LogP) is 2.00. The van der Waals surface area contributed by atoms with E-state index in [1.54, 1.807) is 12.1 Å². The average Bonchev–Trinajstić information content (AvgIpc) is 2.27. The normalized spacial score (nSPS) is 11.3. The first-order valence-electron chi connectivity index (χ1n) is 5.06. The number of hydrogen-bond acceptors (Lipinski definition) is 4. The molecule has 0 aliphatic carbocycles. The van der Waals surface area contributed by atoms with Crippen LogP contribution in [0.15, 0.2) is 24.3 Å². The fourth-order valence-corrected chi connectivity index (χ4v) is 1.14. The van der Waals surface area contributed by atoms with Gasteiger partial charge in [-0.05, 0) is 12.1 Å². The van der Waals surface area contributed by atoms with Crippen LogP contribution >= 0.6 is 0 Å². The molecule has 0 spiro atoms. The van der Waals surface area contributed by atoms with Crippen molar-refractivity contribution in [1.82, 2.24) is 0 Å². The third kappa shape index (κ3) is 5.05. The Bertz CT molecular complexity index is 407. The number of para-hydroxylation sites is 1. The Morgan fingerprint density at radius 2 is 1.89 bits per heavy atom. The van der Waals surface area contributed by atoms with E-state index in [0.717, 1.165) is 0 Å². The summed E-state index contributed by atoms with van der Waals surface area (Å²) in [6.07, 6.45) is -4.38. The molecule has 1 rings (SSSR count). The molecule has 0 aliphatic rings. The zero-order chi connectivity index (χ0) is 13.6. The minimum absolute atomic E-state index is 0.174. The molecule has 0 aliphatic heterocycles. The molecule has 100 valence electrons. The molecular formula is C11H12F3NO3. The van der Waals surface area contributed by atoms with Gasteiger partial charge < -0.3 is 15.2 Å². The number of hydrogen-bond donors (Lipinski definition) is 1. The van der Waals surface area contributed by atoms with Crippen LogP contribution in [0.3, 0.4) is 0 Å². The van der Waals surface area contributed by atoms with Crippen LogP contribution in [-0.4, -0.2) is 32.0 Å². The highest BCUT2D eigenvalue weighted by Crippen LogP contribution is 2.14. The second-order valence-corrected chi connectivity index (χ2v) is 3.39. The quantitative estimate of drug-likeness (QED) is 0.501. The first-order valence-corrected chi connectivity index (χ1v) is 5.06.